The van der Waals surface area contributed by atoms with Crippen molar-refractivity contribution in [1.29, 1.82) is 0 Å². The molecule has 138 valence electrons. The Labute approximate surface area is 148 Å². The molecule has 0 spiro atoms. The Hall–Kier alpha value is -1.99. The van der Waals surface area contributed by atoms with Crippen LogP contribution in [0.2, 0.25) is 0 Å². The Morgan fingerprint density at radius 1 is 1.20 bits per heavy atom. The van der Waals surface area contributed by atoms with E-state index in [4.69, 9.17) is 0 Å². The van der Waals surface area contributed by atoms with Crippen molar-refractivity contribution in [3.05, 3.63) is 29.6 Å². The number of piperazine rings is 1. The zero-order chi connectivity index (χ0) is 18.4. The number of hydrogen-bond acceptors (Lipinski definition) is 4. The van der Waals surface area contributed by atoms with Crippen LogP contribution in [0.15, 0.2) is 18.2 Å². The highest BCUT2D eigenvalue weighted by molar-refractivity contribution is 6.39. The lowest BCUT2D eigenvalue weighted by Gasteiger charge is -2.33. The SMILES string of the molecule is Cc1ccc(NC(=O)C(=O)NCC(C)CN2CCN(C)CC2)cc1F. The molecule has 2 amide bonds. The third-order valence-corrected chi connectivity index (χ3v) is 4.41. The van der Waals surface area contributed by atoms with E-state index in [2.05, 4.69) is 27.5 Å². The maximum Gasteiger partial charge on any atom is 0.313 e. The third kappa shape index (κ3) is 6.10. The standard InChI is InChI=1S/C18H27FN4O2/c1-13(12-23-8-6-22(3)7-9-23)11-20-17(24)18(25)21-15-5-4-14(2)16(19)10-15/h4-5,10,13H,6-9,11-12H2,1-3H3,(H,20,24)(H,21,25). The van der Waals surface area contributed by atoms with E-state index in [9.17, 15) is 14.0 Å². The van der Waals surface area contributed by atoms with E-state index in [0.717, 1.165) is 32.7 Å². The average molecular weight is 350 g/mol. The van der Waals surface area contributed by atoms with Crippen LogP contribution in [-0.4, -0.2) is 67.9 Å². The van der Waals surface area contributed by atoms with Crippen LogP contribution < -0.4 is 10.6 Å². The van der Waals surface area contributed by atoms with Gasteiger partial charge in [0.2, 0.25) is 0 Å². The van der Waals surface area contributed by atoms with Crippen LogP contribution in [0.1, 0.15) is 12.5 Å². The molecule has 1 aliphatic rings. The third-order valence-electron chi connectivity index (χ3n) is 4.41. The van der Waals surface area contributed by atoms with Crippen molar-refractivity contribution in [2.45, 2.75) is 13.8 Å². The molecule has 2 rings (SSSR count). The molecule has 1 aromatic rings. The molecule has 0 aliphatic carbocycles. The summed E-state index contributed by atoms with van der Waals surface area (Å²) in [5.41, 5.74) is 0.758. The van der Waals surface area contributed by atoms with E-state index in [1.54, 1.807) is 19.1 Å². The molecule has 0 aromatic heterocycles. The van der Waals surface area contributed by atoms with E-state index in [0.29, 0.717) is 12.1 Å². The van der Waals surface area contributed by atoms with E-state index in [1.807, 2.05) is 6.92 Å². The second kappa shape index (κ2) is 8.92. The molecule has 0 saturated carbocycles. The number of carbonyl (C=O) groups excluding carboxylic acids is 2. The van der Waals surface area contributed by atoms with E-state index < -0.39 is 17.6 Å². The van der Waals surface area contributed by atoms with Gasteiger partial charge in [0.25, 0.3) is 0 Å². The fourth-order valence-electron chi connectivity index (χ4n) is 2.74. The molecule has 7 heteroatoms. The first-order chi connectivity index (χ1) is 11.8. The highest BCUT2D eigenvalue weighted by Gasteiger charge is 2.18. The minimum Gasteiger partial charge on any atom is -0.348 e. The van der Waals surface area contributed by atoms with Crippen molar-refractivity contribution in [2.75, 3.05) is 51.6 Å². The van der Waals surface area contributed by atoms with Crippen molar-refractivity contribution in [2.24, 2.45) is 5.92 Å². The summed E-state index contributed by atoms with van der Waals surface area (Å²) < 4.78 is 13.5. The number of anilines is 1. The normalized spacial score (nSPS) is 17.1. The summed E-state index contributed by atoms with van der Waals surface area (Å²) in [6.07, 6.45) is 0. The fourth-order valence-corrected chi connectivity index (χ4v) is 2.74. The molecular formula is C18H27FN4O2. The van der Waals surface area contributed by atoms with Gasteiger partial charge < -0.3 is 20.4 Å². The van der Waals surface area contributed by atoms with Crippen LogP contribution in [0.3, 0.4) is 0 Å². The minimum atomic E-state index is -0.782. The summed E-state index contributed by atoms with van der Waals surface area (Å²) in [5.74, 6) is -1.66. The van der Waals surface area contributed by atoms with Gasteiger partial charge in [0.05, 0.1) is 0 Å². The number of carbonyl (C=O) groups is 2. The van der Waals surface area contributed by atoms with Gasteiger partial charge >= 0.3 is 11.8 Å². The molecule has 0 bridgehead atoms. The van der Waals surface area contributed by atoms with E-state index in [1.165, 1.54) is 6.07 Å². The minimum absolute atomic E-state index is 0.247. The molecule has 0 radical (unpaired) electrons. The largest absolute Gasteiger partial charge is 0.348 e. The summed E-state index contributed by atoms with van der Waals surface area (Å²) in [6.45, 7) is 9.15. The quantitative estimate of drug-likeness (QED) is 0.780. The van der Waals surface area contributed by atoms with Gasteiger partial charge in [-0.2, -0.15) is 0 Å². The Morgan fingerprint density at radius 2 is 1.88 bits per heavy atom. The van der Waals surface area contributed by atoms with Crippen LogP contribution >= 0.6 is 0 Å². The fraction of sp³-hybridized carbons (Fsp3) is 0.556. The lowest BCUT2D eigenvalue weighted by molar-refractivity contribution is -0.136. The zero-order valence-corrected chi connectivity index (χ0v) is 15.1. The number of benzene rings is 1. The summed E-state index contributed by atoms with van der Waals surface area (Å²) in [4.78, 5) is 28.4. The molecule has 1 heterocycles. The predicted molar refractivity (Wildman–Crippen MR) is 95.9 cm³/mol. The summed E-state index contributed by atoms with van der Waals surface area (Å²) in [7, 11) is 2.11. The van der Waals surface area contributed by atoms with Crippen molar-refractivity contribution in [3.63, 3.8) is 0 Å². The van der Waals surface area contributed by atoms with Gasteiger partial charge in [0, 0.05) is 45.0 Å². The van der Waals surface area contributed by atoms with Gasteiger partial charge in [-0.15, -0.1) is 0 Å². The van der Waals surface area contributed by atoms with Gasteiger partial charge in [-0.05, 0) is 37.6 Å². The molecule has 25 heavy (non-hydrogen) atoms. The second-order valence-electron chi connectivity index (χ2n) is 6.84. The number of nitrogens with one attached hydrogen (secondary N) is 2. The molecule has 6 nitrogen and oxygen atoms in total. The van der Waals surface area contributed by atoms with Gasteiger partial charge in [0.1, 0.15) is 5.82 Å². The van der Waals surface area contributed by atoms with Crippen molar-refractivity contribution in [3.8, 4) is 0 Å². The van der Waals surface area contributed by atoms with E-state index in [-0.39, 0.29) is 11.6 Å². The Balaban J connectivity index is 1.73. The smallest absolute Gasteiger partial charge is 0.313 e. The Morgan fingerprint density at radius 3 is 2.52 bits per heavy atom. The van der Waals surface area contributed by atoms with Crippen LogP contribution in [0.5, 0.6) is 0 Å². The molecular weight excluding hydrogens is 323 g/mol. The van der Waals surface area contributed by atoms with E-state index >= 15 is 0 Å². The lowest BCUT2D eigenvalue weighted by atomic mass is 10.1. The van der Waals surface area contributed by atoms with Crippen molar-refractivity contribution >= 4 is 17.5 Å². The highest BCUT2D eigenvalue weighted by Crippen LogP contribution is 2.13. The Kier molecular flexibility index (Phi) is 6.90. The number of rotatable bonds is 5. The Bertz CT molecular complexity index is 615. The summed E-state index contributed by atoms with van der Waals surface area (Å²) in [6, 6.07) is 4.33. The van der Waals surface area contributed by atoms with Crippen LogP contribution in [0.25, 0.3) is 0 Å². The number of likely N-dealkylation sites (N-methyl/N-ethyl adjacent to an activating group) is 1. The molecule has 1 aromatic carbocycles. The molecule has 2 N–H and O–H groups in total. The van der Waals surface area contributed by atoms with Crippen LogP contribution in [0.4, 0.5) is 10.1 Å². The number of halogens is 1. The number of amides is 2. The van der Waals surface area contributed by atoms with Gasteiger partial charge in [-0.1, -0.05) is 13.0 Å². The molecule has 1 saturated heterocycles. The van der Waals surface area contributed by atoms with Crippen LogP contribution in [0, 0.1) is 18.7 Å². The molecule has 1 fully saturated rings. The lowest BCUT2D eigenvalue weighted by Crippen LogP contribution is -2.47. The van der Waals surface area contributed by atoms with Crippen LogP contribution in [-0.2, 0) is 9.59 Å². The summed E-state index contributed by atoms with van der Waals surface area (Å²) in [5, 5.41) is 5.06. The average Bonchev–Trinajstić information content (AvgIpc) is 2.58. The van der Waals surface area contributed by atoms with Crippen molar-refractivity contribution in [1.82, 2.24) is 15.1 Å². The highest BCUT2D eigenvalue weighted by atomic mass is 19.1. The van der Waals surface area contributed by atoms with Gasteiger partial charge in [-0.25, -0.2) is 4.39 Å². The first-order valence-corrected chi connectivity index (χ1v) is 8.61. The number of aryl methyl sites for hydroxylation is 1. The number of nitrogens with zero attached hydrogens (tertiary/aromatic N) is 2. The summed E-state index contributed by atoms with van der Waals surface area (Å²) >= 11 is 0. The van der Waals surface area contributed by atoms with Gasteiger partial charge in [0.15, 0.2) is 0 Å². The first kappa shape index (κ1) is 19.3. The predicted octanol–water partition coefficient (Wildman–Crippen LogP) is 1.07. The first-order valence-electron chi connectivity index (χ1n) is 8.61. The molecule has 1 unspecified atom stereocenters. The van der Waals surface area contributed by atoms with Gasteiger partial charge in [-0.3, -0.25) is 9.59 Å². The zero-order valence-electron chi connectivity index (χ0n) is 15.1. The number of hydrogen-bond donors (Lipinski definition) is 2. The second-order valence-corrected chi connectivity index (χ2v) is 6.84. The maximum absolute atomic E-state index is 13.5. The van der Waals surface area contributed by atoms with Crippen molar-refractivity contribution < 1.29 is 14.0 Å². The molecule has 1 aliphatic heterocycles. The monoisotopic (exact) mass is 350 g/mol. The topological polar surface area (TPSA) is 64.7 Å². The molecule has 1 atom stereocenters. The maximum atomic E-state index is 13.5.